The lowest BCUT2D eigenvalue weighted by Gasteiger charge is -2.39. The number of nitrogens with zero attached hydrogens (tertiary/aromatic N) is 2. The maximum absolute atomic E-state index is 9.99. The van der Waals surface area contributed by atoms with E-state index in [-0.39, 0.29) is 5.44 Å². The predicted octanol–water partition coefficient (Wildman–Crippen LogP) is -1.15. The highest BCUT2D eigenvalue weighted by Gasteiger charge is 2.49. The van der Waals surface area contributed by atoms with Gasteiger partial charge in [-0.25, -0.2) is 0 Å². The van der Waals surface area contributed by atoms with Crippen LogP contribution in [0.3, 0.4) is 0 Å². The van der Waals surface area contributed by atoms with Gasteiger partial charge in [-0.05, 0) is 6.92 Å². The summed E-state index contributed by atoms with van der Waals surface area (Å²) in [7, 11) is 3.72. The van der Waals surface area contributed by atoms with Gasteiger partial charge in [0.1, 0.15) is 29.8 Å². The minimum Gasteiger partial charge on any atom is -0.391 e. The zero-order valence-corrected chi connectivity index (χ0v) is 10.8. The van der Waals surface area contributed by atoms with Crippen LogP contribution in [0.2, 0.25) is 0 Å². The number of amidine groups is 1. The maximum Gasteiger partial charge on any atom is 0.161 e. The third-order valence-electron chi connectivity index (χ3n) is 2.95. The second-order valence-electron chi connectivity index (χ2n) is 4.61. The summed E-state index contributed by atoms with van der Waals surface area (Å²) < 4.78 is 5.60. The molecule has 0 aliphatic carbocycles. The Morgan fingerprint density at radius 1 is 1.35 bits per heavy atom. The van der Waals surface area contributed by atoms with Crippen LogP contribution in [0.4, 0.5) is 0 Å². The fraction of sp³-hybridized carbons (Fsp3) is 0.900. The molecule has 7 heteroatoms. The number of fused-ring (bicyclic) bond motifs is 1. The fourth-order valence-corrected chi connectivity index (χ4v) is 3.14. The molecule has 98 valence electrons. The van der Waals surface area contributed by atoms with Crippen molar-refractivity contribution in [1.29, 1.82) is 0 Å². The van der Waals surface area contributed by atoms with E-state index in [0.29, 0.717) is 0 Å². The molecule has 0 bridgehead atoms. The van der Waals surface area contributed by atoms with Gasteiger partial charge in [0.05, 0.1) is 6.10 Å². The van der Waals surface area contributed by atoms with E-state index in [1.54, 1.807) is 0 Å². The Hall–Kier alpha value is -0.340. The van der Waals surface area contributed by atoms with Crippen LogP contribution in [-0.2, 0) is 4.74 Å². The Labute approximate surface area is 104 Å². The Morgan fingerprint density at radius 2 is 2.00 bits per heavy atom. The number of hydrogen-bond acceptors (Lipinski definition) is 7. The Morgan fingerprint density at radius 3 is 2.53 bits per heavy atom. The predicted molar refractivity (Wildman–Crippen MR) is 64.9 cm³/mol. The van der Waals surface area contributed by atoms with Gasteiger partial charge in [0.2, 0.25) is 0 Å². The molecule has 1 saturated heterocycles. The van der Waals surface area contributed by atoms with E-state index in [1.165, 1.54) is 18.7 Å². The molecule has 3 N–H and O–H groups in total. The van der Waals surface area contributed by atoms with Gasteiger partial charge >= 0.3 is 0 Å². The highest BCUT2D eigenvalue weighted by atomic mass is 32.2. The first-order valence-corrected chi connectivity index (χ1v) is 6.41. The number of ether oxygens (including phenoxy) is 1. The second kappa shape index (κ2) is 4.74. The molecule has 6 nitrogen and oxygen atoms in total. The van der Waals surface area contributed by atoms with Crippen molar-refractivity contribution in [2.24, 2.45) is 4.99 Å². The molecular weight excluding hydrogens is 244 g/mol. The van der Waals surface area contributed by atoms with Crippen molar-refractivity contribution < 1.29 is 20.1 Å². The van der Waals surface area contributed by atoms with Crippen molar-refractivity contribution >= 4 is 16.9 Å². The minimum absolute atomic E-state index is 0.342. The number of aliphatic hydroxyl groups is 3. The van der Waals surface area contributed by atoms with Gasteiger partial charge < -0.3 is 25.0 Å². The first-order valence-electron chi connectivity index (χ1n) is 5.53. The van der Waals surface area contributed by atoms with E-state index in [4.69, 9.17) is 4.74 Å². The topological polar surface area (TPSA) is 85.5 Å². The average Bonchev–Trinajstić information content (AvgIpc) is 2.67. The van der Waals surface area contributed by atoms with Crippen LogP contribution in [0.5, 0.6) is 0 Å². The molecule has 2 heterocycles. The maximum atomic E-state index is 9.99. The molecule has 0 saturated carbocycles. The molecule has 6 atom stereocenters. The standard InChI is InChI=1S/C10H18N2O4S/c1-4(13)8-7(15)6(14)5-9(16-8)17-10(11-5)12(2)3/h4-9,13-15H,1-3H3. The van der Waals surface area contributed by atoms with Crippen molar-refractivity contribution in [3.05, 3.63) is 0 Å². The average molecular weight is 262 g/mol. The molecule has 0 spiro atoms. The number of aliphatic hydroxyl groups excluding tert-OH is 3. The summed E-state index contributed by atoms with van der Waals surface area (Å²) in [6.07, 6.45) is -3.71. The number of thioether (sulfide) groups is 1. The zero-order chi connectivity index (χ0) is 12.7. The van der Waals surface area contributed by atoms with Crippen LogP contribution >= 0.6 is 11.8 Å². The van der Waals surface area contributed by atoms with Crippen molar-refractivity contribution in [1.82, 2.24) is 4.90 Å². The monoisotopic (exact) mass is 262 g/mol. The molecule has 0 aromatic carbocycles. The summed E-state index contributed by atoms with van der Waals surface area (Å²) in [6, 6.07) is -0.470. The molecular formula is C10H18N2O4S. The van der Waals surface area contributed by atoms with E-state index in [0.717, 1.165) is 5.17 Å². The van der Waals surface area contributed by atoms with Crippen molar-refractivity contribution in [2.75, 3.05) is 14.1 Å². The lowest BCUT2D eigenvalue weighted by atomic mass is 9.95. The van der Waals surface area contributed by atoms with Crippen LogP contribution in [0.1, 0.15) is 6.92 Å². The third kappa shape index (κ3) is 2.30. The van der Waals surface area contributed by atoms with Gasteiger partial charge in [-0.2, -0.15) is 0 Å². The molecule has 1 fully saturated rings. The normalized spacial score (nSPS) is 42.9. The minimum atomic E-state index is -1.11. The Bertz CT molecular complexity index is 323. The number of rotatable bonds is 1. The van der Waals surface area contributed by atoms with Gasteiger partial charge in [0.15, 0.2) is 5.17 Å². The van der Waals surface area contributed by atoms with Gasteiger partial charge in [-0.3, -0.25) is 4.99 Å². The van der Waals surface area contributed by atoms with Gasteiger partial charge in [-0.1, -0.05) is 11.8 Å². The van der Waals surface area contributed by atoms with Gasteiger partial charge in [0.25, 0.3) is 0 Å². The molecule has 2 aliphatic rings. The van der Waals surface area contributed by atoms with Crippen LogP contribution in [0.15, 0.2) is 4.99 Å². The quantitative estimate of drug-likeness (QED) is 0.553. The molecule has 0 aromatic rings. The van der Waals surface area contributed by atoms with Gasteiger partial charge in [0, 0.05) is 14.1 Å². The highest BCUT2D eigenvalue weighted by Crippen LogP contribution is 2.37. The lowest BCUT2D eigenvalue weighted by Crippen LogP contribution is -2.57. The second-order valence-corrected chi connectivity index (χ2v) is 5.67. The van der Waals surface area contributed by atoms with Crippen molar-refractivity contribution in [3.8, 4) is 0 Å². The molecule has 0 amide bonds. The number of aliphatic imine (C=N–C) groups is 1. The van der Waals surface area contributed by atoms with Crippen LogP contribution < -0.4 is 0 Å². The van der Waals surface area contributed by atoms with E-state index in [2.05, 4.69) is 4.99 Å². The van der Waals surface area contributed by atoms with E-state index < -0.39 is 30.5 Å². The van der Waals surface area contributed by atoms with Crippen molar-refractivity contribution in [3.63, 3.8) is 0 Å². The molecule has 0 aromatic heterocycles. The molecule has 0 radical (unpaired) electrons. The largest absolute Gasteiger partial charge is 0.391 e. The summed E-state index contributed by atoms with van der Waals surface area (Å²) in [5.74, 6) is 0. The summed E-state index contributed by atoms with van der Waals surface area (Å²) >= 11 is 1.40. The van der Waals surface area contributed by atoms with Crippen molar-refractivity contribution in [2.45, 2.75) is 42.8 Å². The molecule has 2 rings (SSSR count). The lowest BCUT2D eigenvalue weighted by molar-refractivity contribution is -0.181. The van der Waals surface area contributed by atoms with E-state index >= 15 is 0 Å². The van der Waals surface area contributed by atoms with Gasteiger partial charge in [-0.15, -0.1) is 0 Å². The Balaban J connectivity index is 2.15. The van der Waals surface area contributed by atoms with Crippen LogP contribution in [0.25, 0.3) is 0 Å². The Kier molecular flexibility index (Phi) is 3.65. The first-order chi connectivity index (χ1) is 7.91. The molecule has 6 unspecified atom stereocenters. The first kappa shape index (κ1) is 13.1. The van der Waals surface area contributed by atoms with Crippen LogP contribution in [0, 0.1) is 0 Å². The fourth-order valence-electron chi connectivity index (χ4n) is 1.99. The zero-order valence-electron chi connectivity index (χ0n) is 10.0. The van der Waals surface area contributed by atoms with E-state index in [9.17, 15) is 15.3 Å². The molecule has 17 heavy (non-hydrogen) atoms. The third-order valence-corrected chi connectivity index (χ3v) is 4.25. The smallest absolute Gasteiger partial charge is 0.161 e. The van der Waals surface area contributed by atoms with Crippen LogP contribution in [-0.4, -0.2) is 75.4 Å². The summed E-state index contributed by atoms with van der Waals surface area (Å²) in [5.41, 5.74) is -0.342. The highest BCUT2D eigenvalue weighted by molar-refractivity contribution is 8.14. The summed E-state index contributed by atoms with van der Waals surface area (Å²) in [6.45, 7) is 1.54. The van der Waals surface area contributed by atoms with E-state index in [1.807, 2.05) is 19.0 Å². The SMILES string of the molecule is CC(O)C1OC2SC(N(C)C)=NC2C(O)C1O. The summed E-state index contributed by atoms with van der Waals surface area (Å²) in [5, 5.41) is 30.1. The number of hydrogen-bond donors (Lipinski definition) is 3. The summed E-state index contributed by atoms with van der Waals surface area (Å²) in [4.78, 5) is 6.16. The molecule has 2 aliphatic heterocycles.